The van der Waals surface area contributed by atoms with E-state index >= 15 is 0 Å². The minimum Gasteiger partial charge on any atom is -0.482 e. The standard InChI is InChI=1S/C20H20N2O4/c1-3-15-7-9-16(10-8-15)20-21-18(26-22-20)12-25-19(23)13-24-17-6-4-5-14(2)11-17/h4-11H,3,12-13H2,1-2H3. The molecule has 0 aliphatic heterocycles. The predicted molar refractivity (Wildman–Crippen MR) is 95.6 cm³/mol. The number of carbonyl (C=O) groups excluding carboxylic acids is 1. The van der Waals surface area contributed by atoms with Gasteiger partial charge in [-0.3, -0.25) is 0 Å². The van der Waals surface area contributed by atoms with Crippen LogP contribution in [0.1, 0.15) is 23.9 Å². The minimum absolute atomic E-state index is 0.0872. The lowest BCUT2D eigenvalue weighted by molar-refractivity contribution is -0.148. The van der Waals surface area contributed by atoms with Crippen LogP contribution in [0.3, 0.4) is 0 Å². The molecule has 26 heavy (non-hydrogen) atoms. The van der Waals surface area contributed by atoms with Crippen molar-refractivity contribution in [2.75, 3.05) is 6.61 Å². The summed E-state index contributed by atoms with van der Waals surface area (Å²) < 4.78 is 15.6. The SMILES string of the molecule is CCc1ccc(-c2noc(COC(=O)COc3cccc(C)c3)n2)cc1. The van der Waals surface area contributed by atoms with Crippen LogP contribution < -0.4 is 4.74 Å². The van der Waals surface area contributed by atoms with Crippen LogP contribution >= 0.6 is 0 Å². The zero-order chi connectivity index (χ0) is 18.4. The van der Waals surface area contributed by atoms with Gasteiger partial charge in [0.25, 0.3) is 5.89 Å². The molecule has 0 fully saturated rings. The lowest BCUT2D eigenvalue weighted by Gasteiger charge is -2.06. The fourth-order valence-corrected chi connectivity index (χ4v) is 2.35. The Bertz CT molecular complexity index is 872. The molecule has 6 heteroatoms. The minimum atomic E-state index is -0.501. The molecule has 0 spiro atoms. The van der Waals surface area contributed by atoms with Crippen molar-refractivity contribution < 1.29 is 18.8 Å². The van der Waals surface area contributed by atoms with Crippen LogP contribution in [0.2, 0.25) is 0 Å². The summed E-state index contributed by atoms with van der Waals surface area (Å²) in [6, 6.07) is 15.4. The number of nitrogens with zero attached hydrogens (tertiary/aromatic N) is 2. The van der Waals surface area contributed by atoms with Crippen molar-refractivity contribution in [1.29, 1.82) is 0 Å². The number of ether oxygens (including phenoxy) is 2. The number of carbonyl (C=O) groups is 1. The van der Waals surface area contributed by atoms with Gasteiger partial charge in [-0.1, -0.05) is 48.5 Å². The van der Waals surface area contributed by atoms with E-state index in [0.717, 1.165) is 17.5 Å². The zero-order valence-corrected chi connectivity index (χ0v) is 14.8. The third-order valence-electron chi connectivity index (χ3n) is 3.79. The molecule has 0 amide bonds. The van der Waals surface area contributed by atoms with Crippen molar-refractivity contribution in [3.05, 3.63) is 65.5 Å². The Balaban J connectivity index is 1.50. The maximum atomic E-state index is 11.8. The first-order chi connectivity index (χ1) is 12.6. The monoisotopic (exact) mass is 352 g/mol. The summed E-state index contributed by atoms with van der Waals surface area (Å²) in [4.78, 5) is 16.0. The van der Waals surface area contributed by atoms with Gasteiger partial charge >= 0.3 is 5.97 Å². The average Bonchev–Trinajstić information content (AvgIpc) is 3.14. The molecule has 0 radical (unpaired) electrons. The Hall–Kier alpha value is -3.15. The van der Waals surface area contributed by atoms with Gasteiger partial charge in [-0.15, -0.1) is 0 Å². The Morgan fingerprint density at radius 2 is 1.96 bits per heavy atom. The molecule has 0 aliphatic rings. The Morgan fingerprint density at radius 1 is 1.15 bits per heavy atom. The van der Waals surface area contributed by atoms with E-state index < -0.39 is 5.97 Å². The largest absolute Gasteiger partial charge is 0.482 e. The van der Waals surface area contributed by atoms with E-state index in [-0.39, 0.29) is 19.1 Å². The van der Waals surface area contributed by atoms with E-state index in [2.05, 4.69) is 17.1 Å². The van der Waals surface area contributed by atoms with Crippen molar-refractivity contribution in [1.82, 2.24) is 10.1 Å². The normalized spacial score (nSPS) is 10.5. The van der Waals surface area contributed by atoms with Gasteiger partial charge in [0.05, 0.1) is 0 Å². The van der Waals surface area contributed by atoms with Crippen molar-refractivity contribution in [3.8, 4) is 17.1 Å². The van der Waals surface area contributed by atoms with Gasteiger partial charge in [0.1, 0.15) is 5.75 Å². The lowest BCUT2D eigenvalue weighted by atomic mass is 10.1. The van der Waals surface area contributed by atoms with E-state index in [9.17, 15) is 4.79 Å². The maximum absolute atomic E-state index is 11.8. The lowest BCUT2D eigenvalue weighted by Crippen LogP contribution is -2.14. The van der Waals surface area contributed by atoms with Gasteiger partial charge in [0.2, 0.25) is 5.82 Å². The first-order valence-corrected chi connectivity index (χ1v) is 8.41. The second kappa shape index (κ2) is 8.29. The molecule has 3 rings (SSSR count). The van der Waals surface area contributed by atoms with Crippen molar-refractivity contribution in [2.45, 2.75) is 26.9 Å². The Kier molecular flexibility index (Phi) is 5.63. The molecule has 0 unspecified atom stereocenters. The van der Waals surface area contributed by atoms with E-state index in [4.69, 9.17) is 14.0 Å². The van der Waals surface area contributed by atoms with E-state index in [1.165, 1.54) is 5.56 Å². The van der Waals surface area contributed by atoms with Crippen molar-refractivity contribution >= 4 is 5.97 Å². The summed E-state index contributed by atoms with van der Waals surface area (Å²) in [6.07, 6.45) is 0.971. The molecular formula is C20H20N2O4. The molecule has 0 saturated carbocycles. The summed E-state index contributed by atoms with van der Waals surface area (Å²) in [7, 11) is 0. The number of aryl methyl sites for hydroxylation is 2. The van der Waals surface area contributed by atoms with Crippen LogP contribution in [0, 0.1) is 6.92 Å². The molecule has 0 bridgehead atoms. The molecule has 6 nitrogen and oxygen atoms in total. The van der Waals surface area contributed by atoms with E-state index in [0.29, 0.717) is 11.6 Å². The number of aromatic nitrogens is 2. The fourth-order valence-electron chi connectivity index (χ4n) is 2.35. The van der Waals surface area contributed by atoms with E-state index in [1.54, 1.807) is 6.07 Å². The Morgan fingerprint density at radius 3 is 2.69 bits per heavy atom. The third kappa shape index (κ3) is 4.69. The van der Waals surface area contributed by atoms with Gasteiger partial charge < -0.3 is 14.0 Å². The predicted octanol–water partition coefficient (Wildman–Crippen LogP) is 3.73. The number of benzene rings is 2. The highest BCUT2D eigenvalue weighted by Crippen LogP contribution is 2.17. The molecule has 0 saturated heterocycles. The summed E-state index contributed by atoms with van der Waals surface area (Å²) >= 11 is 0. The molecule has 3 aromatic rings. The molecule has 1 aromatic heterocycles. The Labute approximate surface area is 151 Å². The summed E-state index contributed by atoms with van der Waals surface area (Å²) in [5.74, 6) is 0.828. The molecule has 134 valence electrons. The molecule has 1 heterocycles. The fraction of sp³-hybridized carbons (Fsp3) is 0.250. The first kappa shape index (κ1) is 17.7. The number of hydrogen-bond acceptors (Lipinski definition) is 6. The molecule has 0 aliphatic carbocycles. The molecule has 0 N–H and O–H groups in total. The number of esters is 1. The second-order valence-electron chi connectivity index (χ2n) is 5.83. The van der Waals surface area contributed by atoms with Crippen LogP contribution in [0.15, 0.2) is 53.1 Å². The summed E-state index contributed by atoms with van der Waals surface area (Å²) in [5.41, 5.74) is 3.15. The van der Waals surface area contributed by atoms with Crippen LogP contribution in [0.4, 0.5) is 0 Å². The topological polar surface area (TPSA) is 74.5 Å². The van der Waals surface area contributed by atoms with Crippen LogP contribution in [0.25, 0.3) is 11.4 Å². The smallest absolute Gasteiger partial charge is 0.344 e. The van der Waals surface area contributed by atoms with Crippen LogP contribution in [0.5, 0.6) is 5.75 Å². The van der Waals surface area contributed by atoms with Gasteiger partial charge in [-0.05, 0) is 36.6 Å². The van der Waals surface area contributed by atoms with Gasteiger partial charge in [0, 0.05) is 5.56 Å². The second-order valence-corrected chi connectivity index (χ2v) is 5.83. The maximum Gasteiger partial charge on any atom is 0.344 e. The molecule has 2 aromatic carbocycles. The van der Waals surface area contributed by atoms with Gasteiger partial charge in [0.15, 0.2) is 13.2 Å². The van der Waals surface area contributed by atoms with Gasteiger partial charge in [-0.25, -0.2) is 4.79 Å². The van der Waals surface area contributed by atoms with Gasteiger partial charge in [-0.2, -0.15) is 4.98 Å². The summed E-state index contributed by atoms with van der Waals surface area (Å²) in [6.45, 7) is 3.78. The molecule has 0 atom stereocenters. The van der Waals surface area contributed by atoms with Crippen molar-refractivity contribution in [3.63, 3.8) is 0 Å². The van der Waals surface area contributed by atoms with Crippen LogP contribution in [-0.2, 0) is 22.6 Å². The highest BCUT2D eigenvalue weighted by molar-refractivity contribution is 5.71. The van der Waals surface area contributed by atoms with E-state index in [1.807, 2.05) is 49.4 Å². The van der Waals surface area contributed by atoms with Crippen molar-refractivity contribution in [2.24, 2.45) is 0 Å². The zero-order valence-electron chi connectivity index (χ0n) is 14.8. The highest BCUT2D eigenvalue weighted by atomic mass is 16.6. The molecular weight excluding hydrogens is 332 g/mol. The first-order valence-electron chi connectivity index (χ1n) is 8.41. The third-order valence-corrected chi connectivity index (χ3v) is 3.79. The number of hydrogen-bond donors (Lipinski definition) is 0. The average molecular weight is 352 g/mol. The highest BCUT2D eigenvalue weighted by Gasteiger charge is 2.11. The summed E-state index contributed by atoms with van der Waals surface area (Å²) in [5, 5.41) is 3.91. The van der Waals surface area contributed by atoms with Crippen LogP contribution in [-0.4, -0.2) is 22.7 Å². The quantitative estimate of drug-likeness (QED) is 0.603. The number of rotatable bonds is 7.